The molecule has 14 heavy (non-hydrogen) atoms. The van der Waals surface area contributed by atoms with Crippen LogP contribution in [0.2, 0.25) is 0 Å². The fourth-order valence-corrected chi connectivity index (χ4v) is 1.03. The Hall–Kier alpha value is -1.64. The number of carbonyl (C=O) groups is 2. The number of fused-ring (bicyclic) bond motifs is 1. The van der Waals surface area contributed by atoms with Crippen molar-refractivity contribution < 1.29 is 14.3 Å². The number of cyclic esters (lactones) is 2. The molecule has 0 atom stereocenters. The molecule has 1 aromatic carbocycles. The van der Waals surface area contributed by atoms with Gasteiger partial charge in [0.1, 0.15) is 0 Å². The van der Waals surface area contributed by atoms with Crippen molar-refractivity contribution in [2.75, 3.05) is 0 Å². The first kappa shape index (κ1) is 10.4. The summed E-state index contributed by atoms with van der Waals surface area (Å²) in [7, 11) is 0. The van der Waals surface area contributed by atoms with E-state index in [1.165, 1.54) is 6.42 Å². The second kappa shape index (κ2) is 4.56. The first-order valence-electron chi connectivity index (χ1n) is 4.56. The average Bonchev–Trinajstić information content (AvgIpc) is 2.45. The maximum absolute atomic E-state index is 10.8. The van der Waals surface area contributed by atoms with Crippen LogP contribution in [0.1, 0.15) is 41.0 Å². The molecule has 0 bridgehead atoms. The Bertz CT molecular complexity index is 322. The molecule has 3 heteroatoms. The van der Waals surface area contributed by atoms with Crippen LogP contribution in [0.15, 0.2) is 24.3 Å². The van der Waals surface area contributed by atoms with Gasteiger partial charge in [0.2, 0.25) is 0 Å². The van der Waals surface area contributed by atoms with Crippen LogP contribution < -0.4 is 0 Å². The standard InChI is InChI=1S/C8H4O3.C3H8/c9-7-5-3-1-2-4-6(5)8(10)11-7;1-3-2/h1-4H;3H2,1-2H3. The Kier molecular flexibility index (Phi) is 3.40. The second-order valence-corrected chi connectivity index (χ2v) is 2.93. The largest absolute Gasteiger partial charge is 0.386 e. The molecule has 1 aliphatic heterocycles. The maximum atomic E-state index is 10.8. The highest BCUT2D eigenvalue weighted by atomic mass is 16.6. The number of rotatable bonds is 0. The Morgan fingerprint density at radius 2 is 1.36 bits per heavy atom. The average molecular weight is 192 g/mol. The molecule has 0 radical (unpaired) electrons. The van der Waals surface area contributed by atoms with Crippen molar-refractivity contribution in [1.82, 2.24) is 0 Å². The Balaban J connectivity index is 0.000000293. The van der Waals surface area contributed by atoms with E-state index in [2.05, 4.69) is 18.6 Å². The third-order valence-electron chi connectivity index (χ3n) is 1.55. The molecular formula is C11H12O3. The third-order valence-corrected chi connectivity index (χ3v) is 1.55. The molecule has 0 fully saturated rings. The number of hydrogen-bond donors (Lipinski definition) is 0. The van der Waals surface area contributed by atoms with Crippen molar-refractivity contribution in [3.05, 3.63) is 35.4 Å². The van der Waals surface area contributed by atoms with E-state index >= 15 is 0 Å². The molecule has 0 saturated carbocycles. The molecule has 0 amide bonds. The monoisotopic (exact) mass is 192 g/mol. The topological polar surface area (TPSA) is 43.4 Å². The van der Waals surface area contributed by atoms with Gasteiger partial charge in [0.25, 0.3) is 0 Å². The van der Waals surface area contributed by atoms with Crippen LogP contribution in [0, 0.1) is 0 Å². The van der Waals surface area contributed by atoms with E-state index in [4.69, 9.17) is 0 Å². The zero-order valence-corrected chi connectivity index (χ0v) is 8.24. The molecule has 1 aliphatic rings. The lowest BCUT2D eigenvalue weighted by atomic mass is 10.1. The van der Waals surface area contributed by atoms with Crippen molar-refractivity contribution in [3.8, 4) is 0 Å². The second-order valence-electron chi connectivity index (χ2n) is 2.93. The molecule has 0 unspecified atom stereocenters. The SMILES string of the molecule is CCC.O=C1OC(=O)c2ccccc21. The van der Waals surface area contributed by atoms with E-state index in [1.807, 2.05) is 0 Å². The minimum absolute atomic E-state index is 0.359. The molecule has 3 nitrogen and oxygen atoms in total. The molecule has 0 aliphatic carbocycles. The van der Waals surface area contributed by atoms with E-state index in [0.717, 1.165) is 0 Å². The molecular weight excluding hydrogens is 180 g/mol. The van der Waals surface area contributed by atoms with E-state index < -0.39 is 11.9 Å². The summed E-state index contributed by atoms with van der Waals surface area (Å²) in [5, 5.41) is 0. The van der Waals surface area contributed by atoms with Crippen LogP contribution in [0.25, 0.3) is 0 Å². The minimum atomic E-state index is -0.550. The first-order chi connectivity index (χ1) is 6.70. The Morgan fingerprint density at radius 1 is 1.00 bits per heavy atom. The van der Waals surface area contributed by atoms with Crippen molar-refractivity contribution in [3.63, 3.8) is 0 Å². The molecule has 0 aromatic heterocycles. The summed E-state index contributed by atoms with van der Waals surface area (Å²) in [4.78, 5) is 21.7. The van der Waals surface area contributed by atoms with Gasteiger partial charge in [-0.15, -0.1) is 0 Å². The van der Waals surface area contributed by atoms with Gasteiger partial charge in [0, 0.05) is 0 Å². The molecule has 1 aromatic rings. The Labute approximate surface area is 82.7 Å². The smallest absolute Gasteiger partial charge is 0.346 e. The van der Waals surface area contributed by atoms with Gasteiger partial charge in [0.15, 0.2) is 0 Å². The number of benzene rings is 1. The van der Waals surface area contributed by atoms with Gasteiger partial charge < -0.3 is 4.74 Å². The molecule has 74 valence electrons. The van der Waals surface area contributed by atoms with E-state index in [0.29, 0.717) is 11.1 Å². The molecule has 0 N–H and O–H groups in total. The minimum Gasteiger partial charge on any atom is -0.386 e. The van der Waals surface area contributed by atoms with Gasteiger partial charge in [-0.25, -0.2) is 9.59 Å². The summed E-state index contributed by atoms with van der Waals surface area (Å²) in [6, 6.07) is 6.53. The van der Waals surface area contributed by atoms with Crippen LogP contribution in [0.5, 0.6) is 0 Å². The Morgan fingerprint density at radius 3 is 1.71 bits per heavy atom. The first-order valence-corrected chi connectivity index (χ1v) is 4.56. The lowest BCUT2D eigenvalue weighted by Crippen LogP contribution is -1.96. The highest BCUT2D eigenvalue weighted by Crippen LogP contribution is 2.18. The van der Waals surface area contributed by atoms with Gasteiger partial charge in [-0.05, 0) is 12.1 Å². The fourth-order valence-electron chi connectivity index (χ4n) is 1.03. The van der Waals surface area contributed by atoms with Crippen LogP contribution in [0.4, 0.5) is 0 Å². The van der Waals surface area contributed by atoms with Crippen molar-refractivity contribution in [1.29, 1.82) is 0 Å². The van der Waals surface area contributed by atoms with Crippen molar-refractivity contribution >= 4 is 11.9 Å². The van der Waals surface area contributed by atoms with E-state index in [1.54, 1.807) is 24.3 Å². The number of ether oxygens (including phenoxy) is 1. The van der Waals surface area contributed by atoms with Crippen molar-refractivity contribution in [2.45, 2.75) is 20.3 Å². The molecule has 2 rings (SSSR count). The predicted molar refractivity (Wildman–Crippen MR) is 52.2 cm³/mol. The highest BCUT2D eigenvalue weighted by Gasteiger charge is 2.28. The summed E-state index contributed by atoms with van der Waals surface area (Å²) < 4.78 is 4.35. The summed E-state index contributed by atoms with van der Waals surface area (Å²) in [6.45, 7) is 4.25. The number of esters is 2. The third kappa shape index (κ3) is 1.99. The quantitative estimate of drug-likeness (QED) is 0.468. The van der Waals surface area contributed by atoms with Crippen LogP contribution in [-0.2, 0) is 4.74 Å². The normalized spacial score (nSPS) is 12.7. The van der Waals surface area contributed by atoms with Gasteiger partial charge in [0.05, 0.1) is 11.1 Å². The van der Waals surface area contributed by atoms with Crippen molar-refractivity contribution in [2.24, 2.45) is 0 Å². The summed E-state index contributed by atoms with van der Waals surface area (Å²) in [6.07, 6.45) is 1.25. The van der Waals surface area contributed by atoms with Gasteiger partial charge in [-0.1, -0.05) is 32.4 Å². The number of hydrogen-bond acceptors (Lipinski definition) is 3. The molecule has 0 saturated heterocycles. The van der Waals surface area contributed by atoms with Gasteiger partial charge >= 0.3 is 11.9 Å². The van der Waals surface area contributed by atoms with Gasteiger partial charge in [-0.3, -0.25) is 0 Å². The maximum Gasteiger partial charge on any atom is 0.346 e. The molecule has 0 spiro atoms. The predicted octanol–water partition coefficient (Wildman–Crippen LogP) is 2.41. The molecule has 1 heterocycles. The van der Waals surface area contributed by atoms with Gasteiger partial charge in [-0.2, -0.15) is 0 Å². The summed E-state index contributed by atoms with van der Waals surface area (Å²) in [5.41, 5.74) is 0.718. The van der Waals surface area contributed by atoms with Crippen LogP contribution in [-0.4, -0.2) is 11.9 Å². The lowest BCUT2D eigenvalue weighted by Gasteiger charge is -1.86. The zero-order chi connectivity index (χ0) is 10.6. The highest BCUT2D eigenvalue weighted by molar-refractivity contribution is 6.14. The summed E-state index contributed by atoms with van der Waals surface area (Å²) >= 11 is 0. The van der Waals surface area contributed by atoms with Crippen LogP contribution in [0.3, 0.4) is 0 Å². The lowest BCUT2D eigenvalue weighted by molar-refractivity contribution is 0.0444. The van der Waals surface area contributed by atoms with Crippen LogP contribution >= 0.6 is 0 Å². The number of carbonyl (C=O) groups excluding carboxylic acids is 2. The fraction of sp³-hybridized carbons (Fsp3) is 0.273. The van der Waals surface area contributed by atoms with E-state index in [9.17, 15) is 9.59 Å². The van der Waals surface area contributed by atoms with E-state index in [-0.39, 0.29) is 0 Å². The summed E-state index contributed by atoms with van der Waals surface area (Å²) in [5.74, 6) is -1.10. The zero-order valence-electron chi connectivity index (χ0n) is 8.24.